The van der Waals surface area contributed by atoms with Crippen molar-refractivity contribution in [1.82, 2.24) is 0 Å². The van der Waals surface area contributed by atoms with Gasteiger partial charge in [0.2, 0.25) is 0 Å². The summed E-state index contributed by atoms with van der Waals surface area (Å²) in [5.74, 6) is -0.0678. The first kappa shape index (κ1) is 20.9. The first-order chi connectivity index (χ1) is 14.6. The topological polar surface area (TPSA) is 61.8 Å². The van der Waals surface area contributed by atoms with Crippen molar-refractivity contribution in [2.75, 3.05) is 13.2 Å². The van der Waals surface area contributed by atoms with Crippen molar-refractivity contribution in [1.29, 1.82) is 0 Å². The number of benzene rings is 3. The van der Waals surface area contributed by atoms with Crippen LogP contribution >= 0.6 is 0 Å². The van der Waals surface area contributed by atoms with Gasteiger partial charge in [-0.3, -0.25) is 0 Å². The van der Waals surface area contributed by atoms with Crippen molar-refractivity contribution in [3.8, 4) is 11.5 Å². The molecule has 0 aromatic heterocycles. The van der Waals surface area contributed by atoms with E-state index in [4.69, 9.17) is 14.2 Å². The summed E-state index contributed by atoms with van der Waals surface area (Å²) in [4.78, 5) is 24.2. The highest BCUT2D eigenvalue weighted by Gasteiger charge is 2.10. The van der Waals surface area contributed by atoms with Crippen LogP contribution in [-0.2, 0) is 9.53 Å². The summed E-state index contributed by atoms with van der Waals surface area (Å²) in [7, 11) is 0. The van der Waals surface area contributed by atoms with E-state index in [-0.39, 0.29) is 19.0 Å². The zero-order chi connectivity index (χ0) is 21.2. The summed E-state index contributed by atoms with van der Waals surface area (Å²) in [5, 5.41) is 0. The molecule has 0 atom stereocenters. The van der Waals surface area contributed by atoms with Crippen molar-refractivity contribution in [3.05, 3.63) is 102 Å². The van der Waals surface area contributed by atoms with E-state index < -0.39 is 11.9 Å². The number of ether oxygens (including phenoxy) is 3. The molecule has 0 saturated carbocycles. The Hall–Kier alpha value is -3.86. The van der Waals surface area contributed by atoms with Crippen molar-refractivity contribution in [2.24, 2.45) is 0 Å². The summed E-state index contributed by atoms with van der Waals surface area (Å²) < 4.78 is 16.0. The monoisotopic (exact) mass is 402 g/mol. The van der Waals surface area contributed by atoms with Crippen LogP contribution in [0.25, 0.3) is 6.08 Å². The molecular formula is C25H22O5. The summed E-state index contributed by atoms with van der Waals surface area (Å²) in [6.45, 7) is 2.35. The number of para-hydroxylation sites is 1. The Labute approximate surface area is 175 Å². The number of hydrogen-bond donors (Lipinski definition) is 0. The van der Waals surface area contributed by atoms with E-state index in [0.29, 0.717) is 11.3 Å². The lowest BCUT2D eigenvalue weighted by atomic mass is 10.1. The van der Waals surface area contributed by atoms with Crippen LogP contribution in [0, 0.1) is 6.92 Å². The van der Waals surface area contributed by atoms with Crippen LogP contribution < -0.4 is 9.47 Å². The van der Waals surface area contributed by atoms with Crippen molar-refractivity contribution < 1.29 is 23.8 Å². The Morgan fingerprint density at radius 3 is 2.33 bits per heavy atom. The molecule has 0 spiro atoms. The van der Waals surface area contributed by atoms with Crippen LogP contribution in [0.5, 0.6) is 11.5 Å². The number of esters is 2. The normalized spacial score (nSPS) is 10.6. The molecule has 0 radical (unpaired) electrons. The van der Waals surface area contributed by atoms with E-state index in [9.17, 15) is 9.59 Å². The molecule has 0 unspecified atom stereocenters. The average molecular weight is 402 g/mol. The maximum Gasteiger partial charge on any atom is 0.338 e. The predicted molar refractivity (Wildman–Crippen MR) is 115 cm³/mol. The molecular weight excluding hydrogens is 380 g/mol. The van der Waals surface area contributed by atoms with Gasteiger partial charge in [0.25, 0.3) is 0 Å². The Balaban J connectivity index is 1.48. The predicted octanol–water partition coefficient (Wildman–Crippen LogP) is 4.85. The van der Waals surface area contributed by atoms with E-state index in [1.54, 1.807) is 24.3 Å². The standard InChI is InChI=1S/C25H22O5/c1-19-10-12-20(13-11-19)14-15-24(26)30-23-9-5-6-21(18-23)25(27)29-17-16-28-22-7-3-2-4-8-22/h2-15,18H,16-17H2,1H3/b15-14+. The molecule has 3 rings (SSSR count). The zero-order valence-corrected chi connectivity index (χ0v) is 16.6. The summed E-state index contributed by atoms with van der Waals surface area (Å²) >= 11 is 0. The molecule has 152 valence electrons. The van der Waals surface area contributed by atoms with Gasteiger partial charge in [-0.2, -0.15) is 0 Å². The quantitative estimate of drug-likeness (QED) is 0.233. The fourth-order valence-electron chi connectivity index (χ4n) is 2.57. The second-order valence-corrected chi connectivity index (χ2v) is 6.49. The zero-order valence-electron chi connectivity index (χ0n) is 16.6. The van der Waals surface area contributed by atoms with Gasteiger partial charge in [0, 0.05) is 6.08 Å². The molecule has 0 aliphatic carbocycles. The molecule has 0 aliphatic heterocycles. The van der Waals surface area contributed by atoms with Gasteiger partial charge >= 0.3 is 11.9 Å². The molecule has 5 nitrogen and oxygen atoms in total. The van der Waals surface area contributed by atoms with Gasteiger partial charge in [0.15, 0.2) is 0 Å². The molecule has 3 aromatic rings. The van der Waals surface area contributed by atoms with E-state index >= 15 is 0 Å². The minimum Gasteiger partial charge on any atom is -0.490 e. The summed E-state index contributed by atoms with van der Waals surface area (Å²) in [6.07, 6.45) is 3.02. The minimum absolute atomic E-state index is 0.108. The fraction of sp³-hybridized carbons (Fsp3) is 0.120. The third-order valence-corrected chi connectivity index (χ3v) is 4.11. The molecule has 5 heteroatoms. The SMILES string of the molecule is Cc1ccc(/C=C/C(=O)Oc2cccc(C(=O)OCCOc3ccccc3)c2)cc1. The molecule has 0 saturated heterocycles. The van der Waals surface area contributed by atoms with Gasteiger partial charge in [0.1, 0.15) is 24.7 Å². The number of hydrogen-bond acceptors (Lipinski definition) is 5. The largest absolute Gasteiger partial charge is 0.490 e. The first-order valence-corrected chi connectivity index (χ1v) is 9.52. The molecule has 0 heterocycles. The third kappa shape index (κ3) is 6.63. The molecule has 3 aromatic carbocycles. The highest BCUT2D eigenvalue weighted by Crippen LogP contribution is 2.15. The number of rotatable bonds is 8. The van der Waals surface area contributed by atoms with Gasteiger partial charge in [-0.05, 0) is 48.9 Å². The molecule has 0 aliphatic rings. The van der Waals surface area contributed by atoms with E-state index in [2.05, 4.69) is 0 Å². The van der Waals surface area contributed by atoms with Gasteiger partial charge in [-0.15, -0.1) is 0 Å². The highest BCUT2D eigenvalue weighted by atomic mass is 16.6. The van der Waals surface area contributed by atoms with E-state index in [1.807, 2.05) is 61.5 Å². The van der Waals surface area contributed by atoms with Crippen LogP contribution in [0.1, 0.15) is 21.5 Å². The summed E-state index contributed by atoms with van der Waals surface area (Å²) in [6, 6.07) is 23.3. The van der Waals surface area contributed by atoms with Gasteiger partial charge in [-0.1, -0.05) is 54.1 Å². The Bertz CT molecular complexity index is 1010. The number of carbonyl (C=O) groups is 2. The van der Waals surface area contributed by atoms with Gasteiger partial charge in [0.05, 0.1) is 5.56 Å². The maximum atomic E-state index is 12.2. The number of aryl methyl sites for hydroxylation is 1. The van der Waals surface area contributed by atoms with Crippen LogP contribution in [0.15, 0.2) is 84.9 Å². The first-order valence-electron chi connectivity index (χ1n) is 9.52. The molecule has 0 amide bonds. The van der Waals surface area contributed by atoms with E-state index in [0.717, 1.165) is 11.1 Å². The maximum absolute atomic E-state index is 12.2. The van der Waals surface area contributed by atoms with Crippen LogP contribution in [0.4, 0.5) is 0 Å². The second kappa shape index (κ2) is 10.6. The Kier molecular flexibility index (Phi) is 7.39. The average Bonchev–Trinajstić information content (AvgIpc) is 2.77. The second-order valence-electron chi connectivity index (χ2n) is 6.49. The molecule has 0 bridgehead atoms. The van der Waals surface area contributed by atoms with Crippen LogP contribution in [0.2, 0.25) is 0 Å². The lowest BCUT2D eigenvalue weighted by Crippen LogP contribution is -2.12. The molecule has 0 N–H and O–H groups in total. The Morgan fingerprint density at radius 2 is 1.57 bits per heavy atom. The highest BCUT2D eigenvalue weighted by molar-refractivity contribution is 5.91. The van der Waals surface area contributed by atoms with Gasteiger partial charge < -0.3 is 14.2 Å². The lowest BCUT2D eigenvalue weighted by molar-refractivity contribution is -0.128. The molecule has 30 heavy (non-hydrogen) atoms. The lowest BCUT2D eigenvalue weighted by Gasteiger charge is -2.08. The minimum atomic E-state index is -0.530. The van der Waals surface area contributed by atoms with Crippen LogP contribution in [-0.4, -0.2) is 25.2 Å². The van der Waals surface area contributed by atoms with Crippen molar-refractivity contribution in [2.45, 2.75) is 6.92 Å². The third-order valence-electron chi connectivity index (χ3n) is 4.11. The van der Waals surface area contributed by atoms with Gasteiger partial charge in [-0.25, -0.2) is 9.59 Å². The van der Waals surface area contributed by atoms with Crippen molar-refractivity contribution >= 4 is 18.0 Å². The van der Waals surface area contributed by atoms with Crippen LogP contribution in [0.3, 0.4) is 0 Å². The Morgan fingerprint density at radius 1 is 0.833 bits per heavy atom. The number of carbonyl (C=O) groups excluding carboxylic acids is 2. The van der Waals surface area contributed by atoms with E-state index in [1.165, 1.54) is 12.1 Å². The smallest absolute Gasteiger partial charge is 0.338 e. The fourth-order valence-corrected chi connectivity index (χ4v) is 2.57. The summed E-state index contributed by atoms with van der Waals surface area (Å²) in [5.41, 5.74) is 2.33. The van der Waals surface area contributed by atoms with Crippen molar-refractivity contribution in [3.63, 3.8) is 0 Å². The molecule has 0 fully saturated rings.